The third-order valence-corrected chi connectivity index (χ3v) is 6.69. The smallest absolute Gasteiger partial charge is 0.0240 e. The van der Waals surface area contributed by atoms with Crippen molar-refractivity contribution < 1.29 is 0 Å². The molecule has 18 heavy (non-hydrogen) atoms. The predicted molar refractivity (Wildman–Crippen MR) is 80.1 cm³/mol. The van der Waals surface area contributed by atoms with Crippen LogP contribution < -0.4 is 5.32 Å². The normalized spacial score (nSPS) is 44.2. The van der Waals surface area contributed by atoms with Crippen LogP contribution in [0.2, 0.25) is 0 Å². The number of hydrogen-bond donors (Lipinski definition) is 1. The Bertz CT molecular complexity index is 305. The van der Waals surface area contributed by atoms with Crippen LogP contribution in [0.1, 0.15) is 33.6 Å². The van der Waals surface area contributed by atoms with Crippen LogP contribution in [-0.2, 0) is 0 Å². The topological polar surface area (TPSA) is 15.3 Å². The average Bonchev–Trinajstić information content (AvgIpc) is 2.87. The maximum Gasteiger partial charge on any atom is 0.0240 e. The Morgan fingerprint density at radius 3 is 2.89 bits per heavy atom. The summed E-state index contributed by atoms with van der Waals surface area (Å²) in [6, 6.07) is 1.65. The molecule has 3 aliphatic heterocycles. The van der Waals surface area contributed by atoms with E-state index in [0.29, 0.717) is 5.41 Å². The molecular formula is C15H28N2S. The van der Waals surface area contributed by atoms with Crippen molar-refractivity contribution in [3.63, 3.8) is 0 Å². The van der Waals surface area contributed by atoms with Gasteiger partial charge in [-0.1, -0.05) is 20.8 Å². The highest BCUT2D eigenvalue weighted by Gasteiger charge is 2.48. The molecular weight excluding hydrogens is 240 g/mol. The number of fused-ring (bicyclic) bond motifs is 1. The molecule has 3 heteroatoms. The van der Waals surface area contributed by atoms with Crippen molar-refractivity contribution in [2.75, 3.05) is 31.1 Å². The molecule has 3 heterocycles. The number of likely N-dealkylation sites (tertiary alicyclic amines) is 1. The fraction of sp³-hybridized carbons (Fsp3) is 1.00. The Hall–Kier alpha value is 0.270. The van der Waals surface area contributed by atoms with Gasteiger partial charge in [0.25, 0.3) is 0 Å². The van der Waals surface area contributed by atoms with Crippen LogP contribution in [0, 0.1) is 17.3 Å². The molecule has 0 radical (unpaired) electrons. The Labute approximate surface area is 116 Å². The monoisotopic (exact) mass is 268 g/mol. The molecule has 0 amide bonds. The zero-order chi connectivity index (χ0) is 12.8. The fourth-order valence-corrected chi connectivity index (χ4v) is 6.12. The first-order chi connectivity index (χ1) is 8.63. The van der Waals surface area contributed by atoms with Gasteiger partial charge in [-0.15, -0.1) is 0 Å². The summed E-state index contributed by atoms with van der Waals surface area (Å²) in [6.07, 6.45) is 2.73. The number of hydrogen-bond acceptors (Lipinski definition) is 3. The summed E-state index contributed by atoms with van der Waals surface area (Å²) >= 11 is 2.18. The highest BCUT2D eigenvalue weighted by molar-refractivity contribution is 7.99. The van der Waals surface area contributed by atoms with Crippen LogP contribution >= 0.6 is 11.8 Å². The van der Waals surface area contributed by atoms with Gasteiger partial charge in [-0.3, -0.25) is 4.90 Å². The van der Waals surface area contributed by atoms with E-state index in [2.05, 4.69) is 42.7 Å². The van der Waals surface area contributed by atoms with E-state index in [1.165, 1.54) is 44.0 Å². The van der Waals surface area contributed by atoms with Gasteiger partial charge in [0.1, 0.15) is 0 Å². The van der Waals surface area contributed by atoms with Gasteiger partial charge in [0, 0.05) is 24.4 Å². The van der Waals surface area contributed by atoms with Crippen LogP contribution in [0.4, 0.5) is 0 Å². The zero-order valence-corrected chi connectivity index (χ0v) is 12.9. The SMILES string of the molecule is CCC1C2CNCC2CN1C1CSCCC1(C)C. The molecule has 0 aromatic carbocycles. The lowest BCUT2D eigenvalue weighted by molar-refractivity contribution is 0.0734. The van der Waals surface area contributed by atoms with Crippen molar-refractivity contribution in [1.82, 2.24) is 10.2 Å². The van der Waals surface area contributed by atoms with Crippen molar-refractivity contribution in [2.45, 2.75) is 45.7 Å². The Morgan fingerprint density at radius 2 is 2.17 bits per heavy atom. The highest BCUT2D eigenvalue weighted by atomic mass is 32.2. The van der Waals surface area contributed by atoms with Gasteiger partial charge >= 0.3 is 0 Å². The molecule has 0 aromatic heterocycles. The lowest BCUT2D eigenvalue weighted by atomic mass is 9.80. The molecule has 0 aromatic rings. The lowest BCUT2D eigenvalue weighted by Gasteiger charge is -2.46. The van der Waals surface area contributed by atoms with Gasteiger partial charge in [-0.25, -0.2) is 0 Å². The molecule has 0 saturated carbocycles. The van der Waals surface area contributed by atoms with E-state index in [4.69, 9.17) is 0 Å². The predicted octanol–water partition coefficient (Wildman–Crippen LogP) is 2.45. The van der Waals surface area contributed by atoms with Gasteiger partial charge in [0.2, 0.25) is 0 Å². The second-order valence-corrected chi connectivity index (χ2v) is 8.23. The molecule has 3 fully saturated rings. The molecule has 4 atom stereocenters. The fourth-order valence-electron chi connectivity index (χ4n) is 4.42. The first-order valence-corrected chi connectivity index (χ1v) is 8.83. The second kappa shape index (κ2) is 4.99. The Morgan fingerprint density at radius 1 is 1.33 bits per heavy atom. The summed E-state index contributed by atoms with van der Waals surface area (Å²) in [6.45, 7) is 11.3. The highest BCUT2D eigenvalue weighted by Crippen LogP contribution is 2.44. The zero-order valence-electron chi connectivity index (χ0n) is 12.1. The van der Waals surface area contributed by atoms with E-state index in [1.54, 1.807) is 0 Å². The van der Waals surface area contributed by atoms with Crippen LogP contribution in [0.5, 0.6) is 0 Å². The molecule has 3 aliphatic rings. The quantitative estimate of drug-likeness (QED) is 0.828. The van der Waals surface area contributed by atoms with Crippen molar-refractivity contribution in [3.8, 4) is 0 Å². The Kier molecular flexibility index (Phi) is 3.68. The summed E-state index contributed by atoms with van der Waals surface area (Å²) in [5, 5.41) is 3.60. The number of nitrogens with one attached hydrogen (secondary N) is 1. The number of rotatable bonds is 2. The standard InChI is InChI=1S/C15H28N2S/c1-4-13-12-8-16-7-11(12)9-17(13)14-10-18-6-5-15(14,2)3/h11-14,16H,4-10H2,1-3H3. The first-order valence-electron chi connectivity index (χ1n) is 7.67. The van der Waals surface area contributed by atoms with Gasteiger partial charge in [0.15, 0.2) is 0 Å². The minimum atomic E-state index is 0.519. The van der Waals surface area contributed by atoms with Crippen LogP contribution in [-0.4, -0.2) is 48.1 Å². The number of nitrogens with zero attached hydrogens (tertiary/aromatic N) is 1. The molecule has 3 saturated heterocycles. The second-order valence-electron chi connectivity index (χ2n) is 7.08. The first kappa shape index (κ1) is 13.3. The van der Waals surface area contributed by atoms with Crippen LogP contribution in [0.3, 0.4) is 0 Å². The van der Waals surface area contributed by atoms with E-state index in [0.717, 1.165) is 23.9 Å². The van der Waals surface area contributed by atoms with Crippen molar-refractivity contribution in [3.05, 3.63) is 0 Å². The largest absolute Gasteiger partial charge is 0.316 e. The molecule has 4 unspecified atom stereocenters. The molecule has 0 bridgehead atoms. The van der Waals surface area contributed by atoms with Crippen molar-refractivity contribution in [2.24, 2.45) is 17.3 Å². The van der Waals surface area contributed by atoms with E-state index in [9.17, 15) is 0 Å². The molecule has 1 N–H and O–H groups in total. The van der Waals surface area contributed by atoms with Gasteiger partial charge in [0.05, 0.1) is 0 Å². The molecule has 0 aliphatic carbocycles. The third kappa shape index (κ3) is 2.12. The molecule has 3 rings (SSSR count). The van der Waals surface area contributed by atoms with Gasteiger partial charge < -0.3 is 5.32 Å². The van der Waals surface area contributed by atoms with Crippen LogP contribution in [0.15, 0.2) is 0 Å². The molecule has 104 valence electrons. The van der Waals surface area contributed by atoms with E-state index in [-0.39, 0.29) is 0 Å². The van der Waals surface area contributed by atoms with E-state index >= 15 is 0 Å². The maximum absolute atomic E-state index is 3.60. The van der Waals surface area contributed by atoms with Crippen molar-refractivity contribution in [1.29, 1.82) is 0 Å². The minimum Gasteiger partial charge on any atom is -0.316 e. The summed E-state index contributed by atoms with van der Waals surface area (Å²) in [5.41, 5.74) is 0.519. The Balaban J connectivity index is 1.78. The lowest BCUT2D eigenvalue weighted by Crippen LogP contribution is -2.52. The summed E-state index contributed by atoms with van der Waals surface area (Å²) < 4.78 is 0. The molecule has 2 nitrogen and oxygen atoms in total. The average molecular weight is 268 g/mol. The van der Waals surface area contributed by atoms with E-state index in [1.807, 2.05) is 0 Å². The van der Waals surface area contributed by atoms with E-state index < -0.39 is 0 Å². The van der Waals surface area contributed by atoms with Gasteiger partial charge in [-0.2, -0.15) is 11.8 Å². The number of thioether (sulfide) groups is 1. The molecule has 0 spiro atoms. The summed E-state index contributed by atoms with van der Waals surface area (Å²) in [7, 11) is 0. The third-order valence-electron chi connectivity index (χ3n) is 5.64. The van der Waals surface area contributed by atoms with Crippen LogP contribution in [0.25, 0.3) is 0 Å². The van der Waals surface area contributed by atoms with Crippen molar-refractivity contribution >= 4 is 11.8 Å². The minimum absolute atomic E-state index is 0.519. The summed E-state index contributed by atoms with van der Waals surface area (Å²) in [4.78, 5) is 2.91. The maximum atomic E-state index is 3.60. The van der Waals surface area contributed by atoms with Gasteiger partial charge in [-0.05, 0) is 48.9 Å². The summed E-state index contributed by atoms with van der Waals surface area (Å²) in [5.74, 6) is 4.58.